The SMILES string of the molecule is COc1ccc(C(=O)N2CCN(c3cc(-n4cccc4)nc(C)n3)CC2)cc1F. The monoisotopic (exact) mass is 395 g/mol. The molecular weight excluding hydrogens is 373 g/mol. The molecule has 1 aliphatic heterocycles. The van der Waals surface area contributed by atoms with Gasteiger partial charge in [0.15, 0.2) is 11.6 Å². The molecule has 1 fully saturated rings. The number of amides is 1. The van der Waals surface area contributed by atoms with Crippen LogP contribution in [-0.2, 0) is 0 Å². The van der Waals surface area contributed by atoms with Crippen LogP contribution in [0.1, 0.15) is 16.2 Å². The Bertz CT molecular complexity index is 1010. The van der Waals surface area contributed by atoms with Gasteiger partial charge in [-0.25, -0.2) is 14.4 Å². The molecule has 0 N–H and O–H groups in total. The van der Waals surface area contributed by atoms with Gasteiger partial charge < -0.3 is 19.1 Å². The Morgan fingerprint density at radius 3 is 2.38 bits per heavy atom. The van der Waals surface area contributed by atoms with E-state index in [1.165, 1.54) is 19.2 Å². The van der Waals surface area contributed by atoms with E-state index in [0.717, 1.165) is 11.6 Å². The van der Waals surface area contributed by atoms with Crippen molar-refractivity contribution < 1.29 is 13.9 Å². The van der Waals surface area contributed by atoms with E-state index in [-0.39, 0.29) is 11.7 Å². The summed E-state index contributed by atoms with van der Waals surface area (Å²) in [5, 5.41) is 0. The van der Waals surface area contributed by atoms with Gasteiger partial charge in [-0.1, -0.05) is 0 Å². The smallest absolute Gasteiger partial charge is 0.254 e. The first-order valence-electron chi connectivity index (χ1n) is 9.42. The highest BCUT2D eigenvalue weighted by molar-refractivity contribution is 5.94. The third-order valence-electron chi connectivity index (χ3n) is 4.97. The number of carbonyl (C=O) groups is 1. The second kappa shape index (κ2) is 7.90. The first-order valence-corrected chi connectivity index (χ1v) is 9.42. The molecule has 0 bridgehead atoms. The van der Waals surface area contributed by atoms with Crippen LogP contribution in [0.3, 0.4) is 0 Å². The number of anilines is 1. The molecule has 0 atom stereocenters. The van der Waals surface area contributed by atoms with Crippen LogP contribution in [0, 0.1) is 12.7 Å². The van der Waals surface area contributed by atoms with Gasteiger partial charge in [-0.2, -0.15) is 0 Å². The summed E-state index contributed by atoms with van der Waals surface area (Å²) < 4.78 is 20.8. The van der Waals surface area contributed by atoms with Crippen molar-refractivity contribution in [1.82, 2.24) is 19.4 Å². The molecule has 8 heteroatoms. The van der Waals surface area contributed by atoms with Gasteiger partial charge in [0.05, 0.1) is 7.11 Å². The Balaban J connectivity index is 1.46. The number of nitrogens with zero attached hydrogens (tertiary/aromatic N) is 5. The van der Waals surface area contributed by atoms with E-state index in [1.54, 1.807) is 11.0 Å². The van der Waals surface area contributed by atoms with Crippen molar-refractivity contribution in [2.24, 2.45) is 0 Å². The number of hydrogen-bond donors (Lipinski definition) is 0. The lowest BCUT2D eigenvalue weighted by Crippen LogP contribution is -2.49. The van der Waals surface area contributed by atoms with E-state index >= 15 is 0 Å². The molecule has 0 aliphatic carbocycles. The first kappa shape index (κ1) is 18.9. The number of aromatic nitrogens is 3. The van der Waals surface area contributed by atoms with Crippen molar-refractivity contribution in [1.29, 1.82) is 0 Å². The van der Waals surface area contributed by atoms with Crippen LogP contribution in [0.4, 0.5) is 10.2 Å². The van der Waals surface area contributed by atoms with Crippen molar-refractivity contribution in [2.75, 3.05) is 38.2 Å². The number of carbonyl (C=O) groups excluding carboxylic acids is 1. The summed E-state index contributed by atoms with van der Waals surface area (Å²) in [5.41, 5.74) is 0.324. The number of benzene rings is 1. The van der Waals surface area contributed by atoms with Crippen LogP contribution in [0.2, 0.25) is 0 Å². The topological polar surface area (TPSA) is 63.5 Å². The molecule has 3 aromatic rings. The zero-order valence-electron chi connectivity index (χ0n) is 16.4. The van der Waals surface area contributed by atoms with Crippen LogP contribution in [-0.4, -0.2) is 58.6 Å². The second-order valence-corrected chi connectivity index (χ2v) is 6.85. The van der Waals surface area contributed by atoms with Gasteiger partial charge in [0.2, 0.25) is 0 Å². The predicted molar refractivity (Wildman–Crippen MR) is 107 cm³/mol. The predicted octanol–water partition coefficient (Wildman–Crippen LogP) is 2.69. The number of hydrogen-bond acceptors (Lipinski definition) is 5. The van der Waals surface area contributed by atoms with Gasteiger partial charge in [0.25, 0.3) is 5.91 Å². The molecule has 7 nitrogen and oxygen atoms in total. The zero-order chi connectivity index (χ0) is 20.4. The third-order valence-corrected chi connectivity index (χ3v) is 4.97. The van der Waals surface area contributed by atoms with E-state index in [2.05, 4.69) is 14.9 Å². The van der Waals surface area contributed by atoms with E-state index in [4.69, 9.17) is 4.74 Å². The maximum atomic E-state index is 13.9. The molecule has 1 aliphatic rings. The van der Waals surface area contributed by atoms with Crippen LogP contribution >= 0.6 is 0 Å². The van der Waals surface area contributed by atoms with Crippen molar-refractivity contribution in [2.45, 2.75) is 6.92 Å². The van der Waals surface area contributed by atoms with Gasteiger partial charge >= 0.3 is 0 Å². The Morgan fingerprint density at radius 2 is 1.72 bits per heavy atom. The molecular formula is C21H22FN5O2. The number of halogens is 1. The molecule has 0 saturated carbocycles. The number of aryl methyl sites for hydroxylation is 1. The summed E-state index contributed by atoms with van der Waals surface area (Å²) in [6, 6.07) is 10.1. The van der Waals surface area contributed by atoms with Crippen molar-refractivity contribution >= 4 is 11.7 Å². The Kier molecular flexibility index (Phi) is 5.16. The minimum atomic E-state index is -0.536. The zero-order valence-corrected chi connectivity index (χ0v) is 16.4. The fraction of sp³-hybridized carbons (Fsp3) is 0.286. The Hall–Kier alpha value is -3.42. The van der Waals surface area contributed by atoms with Gasteiger partial charge in [-0.15, -0.1) is 0 Å². The van der Waals surface area contributed by atoms with Gasteiger partial charge in [-0.05, 0) is 37.3 Å². The second-order valence-electron chi connectivity index (χ2n) is 6.85. The largest absolute Gasteiger partial charge is 0.494 e. The minimum absolute atomic E-state index is 0.129. The number of piperazine rings is 1. The molecule has 3 heterocycles. The minimum Gasteiger partial charge on any atom is -0.494 e. The molecule has 2 aromatic heterocycles. The summed E-state index contributed by atoms with van der Waals surface area (Å²) in [5.74, 6) is 1.75. The lowest BCUT2D eigenvalue weighted by molar-refractivity contribution is 0.0746. The third kappa shape index (κ3) is 3.91. The Morgan fingerprint density at radius 1 is 1.03 bits per heavy atom. The fourth-order valence-electron chi connectivity index (χ4n) is 3.44. The lowest BCUT2D eigenvalue weighted by atomic mass is 10.1. The molecule has 1 aromatic carbocycles. The van der Waals surface area contributed by atoms with Crippen LogP contribution < -0.4 is 9.64 Å². The van der Waals surface area contributed by atoms with Gasteiger partial charge in [0.1, 0.15) is 17.5 Å². The Labute approximate surface area is 168 Å². The number of methoxy groups -OCH3 is 1. The van der Waals surface area contributed by atoms with Crippen LogP contribution in [0.25, 0.3) is 5.82 Å². The maximum Gasteiger partial charge on any atom is 0.254 e. The van der Waals surface area contributed by atoms with E-state index in [1.807, 2.05) is 42.1 Å². The number of ether oxygens (including phenoxy) is 1. The van der Waals surface area contributed by atoms with Crippen molar-refractivity contribution in [3.05, 3.63) is 66.0 Å². The summed E-state index contributed by atoms with van der Waals surface area (Å²) in [4.78, 5) is 25.7. The van der Waals surface area contributed by atoms with Crippen LogP contribution in [0.5, 0.6) is 5.75 Å². The molecule has 0 unspecified atom stereocenters. The fourth-order valence-corrected chi connectivity index (χ4v) is 3.44. The summed E-state index contributed by atoms with van der Waals surface area (Å²) in [7, 11) is 1.40. The summed E-state index contributed by atoms with van der Waals surface area (Å²) >= 11 is 0. The van der Waals surface area contributed by atoms with Crippen molar-refractivity contribution in [3.8, 4) is 11.6 Å². The number of rotatable bonds is 4. The van der Waals surface area contributed by atoms with Crippen LogP contribution in [0.15, 0.2) is 48.8 Å². The lowest BCUT2D eigenvalue weighted by Gasteiger charge is -2.35. The molecule has 29 heavy (non-hydrogen) atoms. The summed E-state index contributed by atoms with van der Waals surface area (Å²) in [6.45, 7) is 4.23. The summed E-state index contributed by atoms with van der Waals surface area (Å²) in [6.07, 6.45) is 3.88. The molecule has 0 spiro atoms. The highest BCUT2D eigenvalue weighted by Gasteiger charge is 2.24. The van der Waals surface area contributed by atoms with E-state index in [0.29, 0.717) is 37.6 Å². The van der Waals surface area contributed by atoms with E-state index < -0.39 is 5.82 Å². The highest BCUT2D eigenvalue weighted by atomic mass is 19.1. The average molecular weight is 395 g/mol. The highest BCUT2D eigenvalue weighted by Crippen LogP contribution is 2.21. The quantitative estimate of drug-likeness (QED) is 0.680. The molecule has 1 amide bonds. The molecule has 4 rings (SSSR count). The first-order chi connectivity index (χ1) is 14.0. The molecule has 150 valence electrons. The van der Waals surface area contributed by atoms with Gasteiger partial charge in [0, 0.05) is 50.2 Å². The van der Waals surface area contributed by atoms with Gasteiger partial charge in [-0.3, -0.25) is 4.79 Å². The molecule has 1 saturated heterocycles. The van der Waals surface area contributed by atoms with E-state index in [9.17, 15) is 9.18 Å². The maximum absolute atomic E-state index is 13.9. The van der Waals surface area contributed by atoms with Crippen molar-refractivity contribution in [3.63, 3.8) is 0 Å². The molecule has 0 radical (unpaired) electrons. The normalized spacial score (nSPS) is 14.2. The average Bonchev–Trinajstić information content (AvgIpc) is 3.28. The standard InChI is InChI=1S/C21H22FN5O2/c1-15-23-19(25-7-3-4-8-25)14-20(24-15)26-9-11-27(12-10-26)21(28)16-5-6-18(29-2)17(22)13-16/h3-8,13-14H,9-12H2,1-2H3.